The highest BCUT2D eigenvalue weighted by molar-refractivity contribution is 7.26. The van der Waals surface area contributed by atoms with Gasteiger partial charge in [-0.3, -0.25) is 0 Å². The summed E-state index contributed by atoms with van der Waals surface area (Å²) in [6.45, 7) is 0. The number of anilines is 3. The third-order valence-electron chi connectivity index (χ3n) is 8.66. The molecular weight excluding hydrogens is 583 g/mol. The number of hydrogen-bond donors (Lipinski definition) is 0. The van der Waals surface area contributed by atoms with Gasteiger partial charge in [-0.15, -0.1) is 22.7 Å². The Morgan fingerprint density at radius 3 is 1.82 bits per heavy atom. The fraction of sp³-hybridized carbons (Fsp3) is 0. The van der Waals surface area contributed by atoms with Crippen molar-refractivity contribution in [1.29, 1.82) is 0 Å². The minimum atomic E-state index is 1.14. The smallest absolute Gasteiger partial charge is 0.0718 e. The summed E-state index contributed by atoms with van der Waals surface area (Å²) < 4.78 is 5.19. The number of benzene rings is 7. The number of rotatable bonds is 5. The Balaban J connectivity index is 1.44. The Morgan fingerprint density at radius 1 is 0.400 bits per heavy atom. The monoisotopic (exact) mass is 609 g/mol. The largest absolute Gasteiger partial charge is 0.308 e. The van der Waals surface area contributed by atoms with Crippen molar-refractivity contribution in [3.63, 3.8) is 0 Å². The second-order valence-corrected chi connectivity index (χ2v) is 13.4. The SMILES string of the molecule is c1ccc(-c2cccc(N(c3c(-c4ccccc4)ccc4c3sc3ccccc34)c3cccc4sc5ccccc5c34)c2)cc1. The molecule has 7 aromatic carbocycles. The van der Waals surface area contributed by atoms with Crippen molar-refractivity contribution in [2.24, 2.45) is 0 Å². The summed E-state index contributed by atoms with van der Waals surface area (Å²) in [6, 6.07) is 59.6. The van der Waals surface area contributed by atoms with Crippen LogP contribution in [0.4, 0.5) is 17.1 Å². The van der Waals surface area contributed by atoms with Gasteiger partial charge in [0, 0.05) is 46.9 Å². The van der Waals surface area contributed by atoms with Gasteiger partial charge in [-0.1, -0.05) is 127 Å². The first-order chi connectivity index (χ1) is 22.3. The molecule has 45 heavy (non-hydrogen) atoms. The zero-order valence-corrected chi connectivity index (χ0v) is 26.0. The second kappa shape index (κ2) is 10.7. The lowest BCUT2D eigenvalue weighted by Crippen LogP contribution is -2.12. The Bertz CT molecular complexity index is 2490. The van der Waals surface area contributed by atoms with Crippen LogP contribution in [-0.2, 0) is 0 Å². The number of hydrogen-bond acceptors (Lipinski definition) is 3. The van der Waals surface area contributed by atoms with Gasteiger partial charge in [-0.05, 0) is 53.1 Å². The third kappa shape index (κ3) is 4.35. The topological polar surface area (TPSA) is 3.24 Å². The Kier molecular flexibility index (Phi) is 6.26. The highest BCUT2D eigenvalue weighted by atomic mass is 32.1. The average molecular weight is 610 g/mol. The molecule has 2 aromatic heterocycles. The lowest BCUT2D eigenvalue weighted by molar-refractivity contribution is 1.32. The first kappa shape index (κ1) is 26.2. The van der Waals surface area contributed by atoms with Crippen molar-refractivity contribution in [3.8, 4) is 22.3 Å². The molecule has 0 amide bonds. The molecule has 1 nitrogen and oxygen atoms in total. The van der Waals surface area contributed by atoms with Crippen molar-refractivity contribution in [1.82, 2.24) is 0 Å². The van der Waals surface area contributed by atoms with Crippen LogP contribution in [0.25, 0.3) is 62.6 Å². The second-order valence-electron chi connectivity index (χ2n) is 11.3. The van der Waals surface area contributed by atoms with Crippen LogP contribution >= 0.6 is 22.7 Å². The van der Waals surface area contributed by atoms with Crippen molar-refractivity contribution in [2.75, 3.05) is 4.90 Å². The van der Waals surface area contributed by atoms with E-state index < -0.39 is 0 Å². The van der Waals surface area contributed by atoms with Crippen LogP contribution in [0.3, 0.4) is 0 Å². The Labute approximate surface area is 269 Å². The van der Waals surface area contributed by atoms with Gasteiger partial charge in [0.2, 0.25) is 0 Å². The molecule has 0 aliphatic heterocycles. The molecule has 0 fully saturated rings. The van der Waals surface area contributed by atoms with E-state index in [1.165, 1.54) is 74.0 Å². The molecule has 9 aromatic rings. The van der Waals surface area contributed by atoms with E-state index in [2.05, 4.69) is 169 Å². The maximum atomic E-state index is 2.54. The van der Waals surface area contributed by atoms with E-state index in [4.69, 9.17) is 0 Å². The van der Waals surface area contributed by atoms with Gasteiger partial charge >= 0.3 is 0 Å². The molecule has 0 N–H and O–H groups in total. The van der Waals surface area contributed by atoms with E-state index in [0.29, 0.717) is 0 Å². The molecule has 2 heterocycles. The predicted octanol–water partition coefficient (Wildman–Crippen LogP) is 13.2. The molecule has 3 heteroatoms. The molecule has 0 radical (unpaired) electrons. The number of fused-ring (bicyclic) bond motifs is 6. The minimum Gasteiger partial charge on any atom is -0.308 e. The van der Waals surface area contributed by atoms with Gasteiger partial charge in [-0.2, -0.15) is 0 Å². The molecule has 212 valence electrons. The molecule has 0 saturated carbocycles. The first-order valence-electron chi connectivity index (χ1n) is 15.2. The summed E-state index contributed by atoms with van der Waals surface area (Å²) in [5, 5.41) is 5.18. The summed E-state index contributed by atoms with van der Waals surface area (Å²) in [7, 11) is 0. The molecule has 0 unspecified atom stereocenters. The number of nitrogens with zero attached hydrogens (tertiary/aromatic N) is 1. The Morgan fingerprint density at radius 2 is 1.02 bits per heavy atom. The molecule has 0 aliphatic rings. The first-order valence-corrected chi connectivity index (χ1v) is 16.8. The third-order valence-corrected chi connectivity index (χ3v) is 11.0. The van der Waals surface area contributed by atoms with Crippen LogP contribution in [0.15, 0.2) is 164 Å². The lowest BCUT2D eigenvalue weighted by atomic mass is 9.98. The van der Waals surface area contributed by atoms with E-state index in [-0.39, 0.29) is 0 Å². The molecule has 9 rings (SSSR count). The summed E-state index contributed by atoms with van der Waals surface area (Å²) in [4.78, 5) is 2.54. The molecule has 0 aliphatic carbocycles. The van der Waals surface area contributed by atoms with E-state index >= 15 is 0 Å². The van der Waals surface area contributed by atoms with E-state index in [9.17, 15) is 0 Å². The average Bonchev–Trinajstić information content (AvgIpc) is 3.69. The molecule has 0 bridgehead atoms. The highest BCUT2D eigenvalue weighted by Gasteiger charge is 2.25. The van der Waals surface area contributed by atoms with E-state index in [1.807, 2.05) is 22.7 Å². The van der Waals surface area contributed by atoms with Crippen molar-refractivity contribution in [2.45, 2.75) is 0 Å². The van der Waals surface area contributed by atoms with E-state index in [0.717, 1.165) is 5.69 Å². The predicted molar refractivity (Wildman–Crippen MR) is 198 cm³/mol. The van der Waals surface area contributed by atoms with Crippen molar-refractivity contribution in [3.05, 3.63) is 164 Å². The van der Waals surface area contributed by atoms with E-state index in [1.54, 1.807) is 0 Å². The molecule has 0 atom stereocenters. The summed E-state index contributed by atoms with van der Waals surface area (Å²) in [5.74, 6) is 0. The standard InChI is InChI=1S/C42H27NS2/c1-3-13-28(14-4-1)30-17-11-18-31(27-30)43(36-21-12-24-39-40(36)35-20-8-10-23-38(35)44-39)41-32(29-15-5-2-6-16-29)25-26-34-33-19-7-9-22-37(33)45-42(34)41/h1-27H. The zero-order valence-electron chi connectivity index (χ0n) is 24.4. The van der Waals surface area contributed by atoms with Gasteiger partial charge in [0.25, 0.3) is 0 Å². The van der Waals surface area contributed by atoms with Gasteiger partial charge in [0.05, 0.1) is 16.1 Å². The van der Waals surface area contributed by atoms with Gasteiger partial charge in [-0.25, -0.2) is 0 Å². The molecule has 0 spiro atoms. The van der Waals surface area contributed by atoms with Crippen LogP contribution in [0, 0.1) is 0 Å². The highest BCUT2D eigenvalue weighted by Crippen LogP contribution is 2.52. The Hall–Kier alpha value is -5.22. The van der Waals surface area contributed by atoms with Crippen molar-refractivity contribution >= 4 is 80.1 Å². The quantitative estimate of drug-likeness (QED) is 0.188. The van der Waals surface area contributed by atoms with Gasteiger partial charge < -0.3 is 4.90 Å². The lowest BCUT2D eigenvalue weighted by Gasteiger charge is -2.30. The van der Waals surface area contributed by atoms with Crippen LogP contribution in [-0.4, -0.2) is 0 Å². The number of thiophene rings is 2. The van der Waals surface area contributed by atoms with Crippen LogP contribution in [0.1, 0.15) is 0 Å². The summed E-state index contributed by atoms with van der Waals surface area (Å²) in [5.41, 5.74) is 8.38. The van der Waals surface area contributed by atoms with Crippen LogP contribution in [0.5, 0.6) is 0 Å². The van der Waals surface area contributed by atoms with Gasteiger partial charge in [0.1, 0.15) is 0 Å². The summed E-state index contributed by atoms with van der Waals surface area (Å²) >= 11 is 3.75. The maximum Gasteiger partial charge on any atom is 0.0718 e. The fourth-order valence-corrected chi connectivity index (χ4v) is 9.00. The fourth-order valence-electron chi connectivity index (χ4n) is 6.63. The van der Waals surface area contributed by atoms with Gasteiger partial charge in [0.15, 0.2) is 0 Å². The van der Waals surface area contributed by atoms with Crippen LogP contribution in [0.2, 0.25) is 0 Å². The zero-order chi connectivity index (χ0) is 29.7. The summed E-state index contributed by atoms with van der Waals surface area (Å²) in [6.07, 6.45) is 0. The normalized spacial score (nSPS) is 11.6. The maximum absolute atomic E-state index is 2.54. The molecule has 0 saturated heterocycles. The van der Waals surface area contributed by atoms with Crippen molar-refractivity contribution < 1.29 is 0 Å². The minimum absolute atomic E-state index is 1.14. The van der Waals surface area contributed by atoms with Crippen LogP contribution < -0.4 is 4.90 Å². The molecular formula is C42H27NS2.